The van der Waals surface area contributed by atoms with Crippen LogP contribution in [0.4, 0.5) is 17.3 Å². The first-order valence-corrected chi connectivity index (χ1v) is 14.8. The van der Waals surface area contributed by atoms with Gasteiger partial charge in [0.15, 0.2) is 11.5 Å². The van der Waals surface area contributed by atoms with Crippen molar-refractivity contribution in [3.05, 3.63) is 76.0 Å². The smallest absolute Gasteiger partial charge is 0.278 e. The predicted octanol–water partition coefficient (Wildman–Crippen LogP) is 1.93. The molecule has 13 heteroatoms. The summed E-state index contributed by atoms with van der Waals surface area (Å²) >= 11 is 0. The maximum Gasteiger partial charge on any atom is 0.278 e. The van der Waals surface area contributed by atoms with Crippen LogP contribution in [0.3, 0.4) is 0 Å². The molecule has 2 aliphatic heterocycles. The van der Waals surface area contributed by atoms with Crippen LogP contribution in [-0.2, 0) is 6.54 Å². The highest BCUT2D eigenvalue weighted by atomic mass is 16.1. The van der Waals surface area contributed by atoms with Crippen molar-refractivity contribution >= 4 is 28.4 Å². The fourth-order valence-electron chi connectivity index (χ4n) is 5.71. The zero-order valence-electron chi connectivity index (χ0n) is 25.1. The van der Waals surface area contributed by atoms with Gasteiger partial charge in [0, 0.05) is 76.0 Å². The number of nitrogens with zero attached hydrogens (tertiary/aromatic N) is 10. The van der Waals surface area contributed by atoms with Crippen LogP contribution in [0, 0.1) is 0 Å². The minimum atomic E-state index is -0.261. The lowest BCUT2D eigenvalue weighted by atomic mass is 10.2. The first-order chi connectivity index (χ1) is 20.8. The molecule has 6 rings (SSSR count). The van der Waals surface area contributed by atoms with Gasteiger partial charge in [-0.05, 0) is 51.2 Å². The molecule has 1 N–H and O–H groups in total. The Balaban J connectivity index is 1.21. The lowest BCUT2D eigenvalue weighted by Gasteiger charge is -2.44. The van der Waals surface area contributed by atoms with Crippen molar-refractivity contribution in [3.63, 3.8) is 0 Å². The zero-order valence-corrected chi connectivity index (χ0v) is 25.1. The Hall–Kier alpha value is -4.33. The summed E-state index contributed by atoms with van der Waals surface area (Å²) in [5.41, 5.74) is 1.93. The van der Waals surface area contributed by atoms with Gasteiger partial charge in [-0.3, -0.25) is 9.59 Å². The molecule has 0 spiro atoms. The number of hydrogen-bond donors (Lipinski definition) is 1. The molecule has 226 valence electrons. The second kappa shape index (κ2) is 12.1. The summed E-state index contributed by atoms with van der Waals surface area (Å²) in [5, 5.41) is 13.2. The van der Waals surface area contributed by atoms with Gasteiger partial charge < -0.3 is 15.1 Å². The molecule has 3 aromatic heterocycles. The van der Waals surface area contributed by atoms with E-state index < -0.39 is 0 Å². The Labute approximate surface area is 250 Å². The third-order valence-electron chi connectivity index (χ3n) is 8.12. The molecule has 13 nitrogen and oxygen atoms in total. The quantitative estimate of drug-likeness (QED) is 0.308. The van der Waals surface area contributed by atoms with E-state index in [1.54, 1.807) is 16.8 Å². The van der Waals surface area contributed by atoms with Gasteiger partial charge in [-0.25, -0.2) is 29.0 Å². The number of hydrogen-bond acceptors (Lipinski definition) is 10. The van der Waals surface area contributed by atoms with Crippen molar-refractivity contribution < 1.29 is 0 Å². The van der Waals surface area contributed by atoms with Crippen molar-refractivity contribution in [2.24, 2.45) is 0 Å². The highest BCUT2D eigenvalue weighted by Gasteiger charge is 2.25. The van der Waals surface area contributed by atoms with Gasteiger partial charge >= 0.3 is 0 Å². The van der Waals surface area contributed by atoms with Crippen LogP contribution in [0.25, 0.3) is 16.9 Å². The van der Waals surface area contributed by atoms with E-state index in [0.717, 1.165) is 58.0 Å². The van der Waals surface area contributed by atoms with Gasteiger partial charge in [0.1, 0.15) is 5.39 Å². The Bertz CT molecular complexity index is 1710. The molecule has 0 amide bonds. The molecule has 43 heavy (non-hydrogen) atoms. The molecule has 1 aromatic carbocycles. The van der Waals surface area contributed by atoms with E-state index in [0.29, 0.717) is 22.8 Å². The third kappa shape index (κ3) is 5.83. The van der Waals surface area contributed by atoms with Gasteiger partial charge in [-0.15, -0.1) is 11.7 Å². The molecule has 5 heterocycles. The highest BCUT2D eigenvalue weighted by molar-refractivity contribution is 5.77. The largest absolute Gasteiger partial charge is 0.369 e. The van der Waals surface area contributed by atoms with E-state index in [1.165, 1.54) is 27.3 Å². The highest BCUT2D eigenvalue weighted by Crippen LogP contribution is 2.23. The SMILES string of the molecule is C=CCn1c(=O)c2cnc(Nc3ccc(N4CCN(N5CCN(C)CC5)CC4)cc3)nc2n1-c1ccc(=O)n(C(C)C)n1. The average Bonchev–Trinajstić information content (AvgIpc) is 3.28. The number of fused-ring (bicyclic) bond motifs is 1. The van der Waals surface area contributed by atoms with Crippen molar-refractivity contribution in [2.75, 3.05) is 69.6 Å². The first-order valence-electron chi connectivity index (χ1n) is 14.8. The fraction of sp³-hybridized carbons (Fsp3) is 0.433. The lowest BCUT2D eigenvalue weighted by molar-refractivity contribution is -0.0564. The molecule has 0 radical (unpaired) electrons. The number of piperazine rings is 2. The molecule has 0 aliphatic carbocycles. The molecule has 2 aliphatic rings. The zero-order chi connectivity index (χ0) is 30.1. The maximum absolute atomic E-state index is 13.3. The van der Waals surface area contributed by atoms with Crippen LogP contribution >= 0.6 is 0 Å². The van der Waals surface area contributed by atoms with Gasteiger partial charge in [0.2, 0.25) is 5.95 Å². The molecule has 0 atom stereocenters. The molecule has 2 saturated heterocycles. The molecule has 0 unspecified atom stereocenters. The molecular weight excluding hydrogens is 546 g/mol. The maximum atomic E-state index is 13.3. The van der Waals surface area contributed by atoms with Crippen LogP contribution in [0.5, 0.6) is 0 Å². The number of anilines is 3. The van der Waals surface area contributed by atoms with E-state index in [4.69, 9.17) is 4.98 Å². The van der Waals surface area contributed by atoms with Crippen LogP contribution in [0.15, 0.2) is 64.8 Å². The van der Waals surface area contributed by atoms with Gasteiger partial charge in [-0.1, -0.05) is 6.08 Å². The summed E-state index contributed by atoms with van der Waals surface area (Å²) in [6.45, 7) is 16.2. The molecule has 0 saturated carbocycles. The van der Waals surface area contributed by atoms with Crippen LogP contribution in [0.1, 0.15) is 19.9 Å². The normalized spacial score (nSPS) is 17.2. The van der Waals surface area contributed by atoms with E-state index >= 15 is 0 Å². The number of hydrazine groups is 1. The summed E-state index contributed by atoms with van der Waals surface area (Å²) in [4.78, 5) is 39.6. The minimum Gasteiger partial charge on any atom is -0.369 e. The van der Waals surface area contributed by atoms with E-state index in [-0.39, 0.29) is 23.7 Å². The number of allylic oxidation sites excluding steroid dienone is 1. The summed E-state index contributed by atoms with van der Waals surface area (Å²) in [6.07, 6.45) is 3.16. The average molecular weight is 586 g/mol. The molecule has 2 fully saturated rings. The van der Waals surface area contributed by atoms with Crippen molar-refractivity contribution in [1.29, 1.82) is 0 Å². The van der Waals surface area contributed by atoms with Crippen LogP contribution in [-0.4, -0.2) is 103 Å². The second-order valence-electron chi connectivity index (χ2n) is 11.4. The Morgan fingerprint density at radius 2 is 1.60 bits per heavy atom. The second-order valence-corrected chi connectivity index (χ2v) is 11.4. The molecular formula is C30H39N11O2. The minimum absolute atomic E-state index is 0.149. The number of benzene rings is 1. The topological polar surface area (TPSA) is 113 Å². The summed E-state index contributed by atoms with van der Waals surface area (Å²) in [6, 6.07) is 11.2. The van der Waals surface area contributed by atoms with Crippen LogP contribution in [0.2, 0.25) is 0 Å². The van der Waals surface area contributed by atoms with E-state index in [2.05, 4.69) is 61.0 Å². The van der Waals surface area contributed by atoms with Crippen molar-refractivity contribution in [3.8, 4) is 5.82 Å². The summed E-state index contributed by atoms with van der Waals surface area (Å²) < 4.78 is 4.50. The predicted molar refractivity (Wildman–Crippen MR) is 168 cm³/mol. The monoisotopic (exact) mass is 585 g/mol. The van der Waals surface area contributed by atoms with E-state index in [1.807, 2.05) is 26.0 Å². The molecule has 0 bridgehead atoms. The standard InChI is InChI=1S/C30H39N11O2/c1-5-12-39-29(43)25-21-31-30(33-28(25)41(39)26-10-11-27(42)40(34-26)22(2)3)32-23-6-8-24(9-7-23)36-15-19-38(20-16-36)37-17-13-35(4)14-18-37/h5-11,21-22H,1,12-20H2,2-4H3,(H,31,32,33). The number of aromatic nitrogens is 6. The number of rotatable bonds is 8. The van der Waals surface area contributed by atoms with Crippen molar-refractivity contribution in [1.82, 2.24) is 44.0 Å². The Kier molecular flexibility index (Phi) is 8.10. The first kappa shape index (κ1) is 28.8. The Morgan fingerprint density at radius 1 is 0.930 bits per heavy atom. The van der Waals surface area contributed by atoms with Gasteiger partial charge in [0.05, 0.1) is 12.6 Å². The van der Waals surface area contributed by atoms with E-state index in [9.17, 15) is 9.59 Å². The van der Waals surface area contributed by atoms with Gasteiger partial charge in [0.25, 0.3) is 11.1 Å². The summed E-state index contributed by atoms with van der Waals surface area (Å²) in [7, 11) is 2.19. The van der Waals surface area contributed by atoms with Gasteiger partial charge in [-0.2, -0.15) is 4.98 Å². The summed E-state index contributed by atoms with van der Waals surface area (Å²) in [5.74, 6) is 0.756. The van der Waals surface area contributed by atoms with Crippen molar-refractivity contribution in [2.45, 2.75) is 26.4 Å². The number of likely N-dealkylation sites (N-methyl/N-ethyl adjacent to an activating group) is 1. The Morgan fingerprint density at radius 3 is 2.26 bits per heavy atom. The van der Waals surface area contributed by atoms with Crippen LogP contribution < -0.4 is 21.3 Å². The number of nitrogens with one attached hydrogen (secondary N) is 1. The third-order valence-corrected chi connectivity index (χ3v) is 8.12. The molecule has 4 aromatic rings. The fourth-order valence-corrected chi connectivity index (χ4v) is 5.71. The lowest BCUT2D eigenvalue weighted by Crippen LogP contribution is -2.58.